The molecule has 3 aromatic rings. The van der Waals surface area contributed by atoms with Crippen molar-refractivity contribution in [2.75, 3.05) is 39.3 Å². The lowest BCUT2D eigenvalue weighted by molar-refractivity contribution is -0.126. The second kappa shape index (κ2) is 10.2. The fourth-order valence-electron chi connectivity index (χ4n) is 3.87. The van der Waals surface area contributed by atoms with Gasteiger partial charge < -0.3 is 10.1 Å². The lowest BCUT2D eigenvalue weighted by Crippen LogP contribution is -2.54. The summed E-state index contributed by atoms with van der Waals surface area (Å²) in [5.41, 5.74) is 1.90. The average Bonchev–Trinajstić information content (AvgIpc) is 3.26. The van der Waals surface area contributed by atoms with Crippen LogP contribution in [0.25, 0.3) is 4.96 Å². The van der Waals surface area contributed by atoms with E-state index in [1.165, 1.54) is 11.3 Å². The van der Waals surface area contributed by atoms with Gasteiger partial charge in [-0.1, -0.05) is 12.1 Å². The summed E-state index contributed by atoms with van der Waals surface area (Å²) in [6, 6.07) is 9.30. The highest BCUT2D eigenvalue weighted by Gasteiger charge is 2.25. The van der Waals surface area contributed by atoms with Crippen molar-refractivity contribution in [2.24, 2.45) is 0 Å². The number of aromatic nitrogens is 2. The summed E-state index contributed by atoms with van der Waals surface area (Å²) in [6.45, 7) is 8.80. The van der Waals surface area contributed by atoms with E-state index >= 15 is 0 Å². The molecule has 1 aromatic carbocycles. The van der Waals surface area contributed by atoms with E-state index in [0.29, 0.717) is 19.7 Å². The van der Waals surface area contributed by atoms with Gasteiger partial charge >= 0.3 is 0 Å². The molecular formula is C23H29N5O3S. The molecule has 4 rings (SSSR count). The summed E-state index contributed by atoms with van der Waals surface area (Å²) in [7, 11) is 0. The molecule has 0 radical (unpaired) electrons. The first-order valence-electron chi connectivity index (χ1n) is 10.9. The van der Waals surface area contributed by atoms with E-state index in [1.54, 1.807) is 16.7 Å². The van der Waals surface area contributed by atoms with Crippen LogP contribution < -0.4 is 15.6 Å². The quantitative estimate of drug-likeness (QED) is 0.522. The van der Waals surface area contributed by atoms with Gasteiger partial charge in [0.2, 0.25) is 5.91 Å². The predicted molar refractivity (Wildman–Crippen MR) is 125 cm³/mol. The van der Waals surface area contributed by atoms with Crippen LogP contribution in [-0.2, 0) is 11.3 Å². The van der Waals surface area contributed by atoms with Gasteiger partial charge in [-0.25, -0.2) is 4.98 Å². The molecule has 0 bridgehead atoms. The number of aryl methyl sites for hydroxylation is 1. The number of fused-ring (bicyclic) bond motifs is 1. The Labute approximate surface area is 191 Å². The van der Waals surface area contributed by atoms with Crippen LogP contribution in [0, 0.1) is 6.92 Å². The van der Waals surface area contributed by atoms with E-state index < -0.39 is 0 Å². The number of benzene rings is 1. The zero-order chi connectivity index (χ0) is 22.5. The average molecular weight is 456 g/mol. The van der Waals surface area contributed by atoms with Crippen LogP contribution in [0.5, 0.6) is 5.75 Å². The molecule has 9 heteroatoms. The van der Waals surface area contributed by atoms with Crippen molar-refractivity contribution in [1.82, 2.24) is 24.5 Å². The summed E-state index contributed by atoms with van der Waals surface area (Å²) in [5.74, 6) is 0.836. The molecule has 0 saturated carbocycles. The van der Waals surface area contributed by atoms with Gasteiger partial charge in [0.15, 0.2) is 4.96 Å². The van der Waals surface area contributed by atoms with Gasteiger partial charge in [-0.15, -0.1) is 11.3 Å². The number of carbonyl (C=O) groups excluding carboxylic acids is 1. The first kappa shape index (κ1) is 22.4. The van der Waals surface area contributed by atoms with E-state index in [0.717, 1.165) is 48.1 Å². The Bertz CT molecular complexity index is 1120. The van der Waals surface area contributed by atoms with Crippen molar-refractivity contribution in [3.8, 4) is 5.75 Å². The largest absolute Gasteiger partial charge is 0.492 e. The number of nitrogens with zero attached hydrogens (tertiary/aromatic N) is 4. The van der Waals surface area contributed by atoms with Crippen molar-refractivity contribution in [3.63, 3.8) is 0 Å². The molecule has 1 aliphatic heterocycles. The number of nitrogens with one attached hydrogen (secondary N) is 1. The second-order valence-electron chi connectivity index (χ2n) is 8.09. The molecule has 3 heterocycles. The van der Waals surface area contributed by atoms with Gasteiger partial charge in [0.05, 0.1) is 18.3 Å². The van der Waals surface area contributed by atoms with Crippen LogP contribution in [0.1, 0.15) is 18.2 Å². The van der Waals surface area contributed by atoms with E-state index in [2.05, 4.69) is 20.1 Å². The van der Waals surface area contributed by atoms with E-state index in [4.69, 9.17) is 4.74 Å². The predicted octanol–water partition coefficient (Wildman–Crippen LogP) is 1.77. The van der Waals surface area contributed by atoms with E-state index in [9.17, 15) is 9.59 Å². The standard InChI is InChI=1S/C23H29N5O3S/c1-17-4-3-5-20(14-17)31-12-6-24-22(30)18(2)27-9-7-26(8-10-27)16-19-15-21(29)28-11-13-32-23(28)25-19/h3-5,11,13-15,18H,6-10,12,16H2,1-2H3,(H,24,30). The molecule has 170 valence electrons. The summed E-state index contributed by atoms with van der Waals surface area (Å²) in [6.07, 6.45) is 1.75. The first-order chi connectivity index (χ1) is 15.5. The van der Waals surface area contributed by atoms with Gasteiger partial charge in [-0.05, 0) is 31.5 Å². The fourth-order valence-corrected chi connectivity index (χ4v) is 4.61. The number of hydrogen-bond acceptors (Lipinski definition) is 7. The molecule has 2 aromatic heterocycles. The lowest BCUT2D eigenvalue weighted by atomic mass is 10.2. The summed E-state index contributed by atoms with van der Waals surface area (Å²) in [4.78, 5) is 34.5. The number of piperazine rings is 1. The highest BCUT2D eigenvalue weighted by Crippen LogP contribution is 2.13. The SMILES string of the molecule is Cc1cccc(OCCNC(=O)C(C)N2CCN(Cc3cc(=O)n4ccsc4n3)CC2)c1. The maximum Gasteiger partial charge on any atom is 0.258 e. The molecule has 1 saturated heterocycles. The zero-order valence-electron chi connectivity index (χ0n) is 18.5. The van der Waals surface area contributed by atoms with Crippen molar-refractivity contribution < 1.29 is 9.53 Å². The number of ether oxygens (including phenoxy) is 1. The van der Waals surface area contributed by atoms with Crippen LogP contribution >= 0.6 is 11.3 Å². The van der Waals surface area contributed by atoms with Crippen LogP contribution in [0.2, 0.25) is 0 Å². The molecule has 0 aliphatic carbocycles. The molecule has 1 fully saturated rings. The minimum absolute atomic E-state index is 0.0177. The Morgan fingerprint density at radius 3 is 2.84 bits per heavy atom. The van der Waals surface area contributed by atoms with Gasteiger partial charge in [0.1, 0.15) is 12.4 Å². The maximum atomic E-state index is 12.5. The Kier molecular flexibility index (Phi) is 7.19. The second-order valence-corrected chi connectivity index (χ2v) is 8.96. The Hall–Kier alpha value is -2.75. The number of hydrogen-bond donors (Lipinski definition) is 1. The summed E-state index contributed by atoms with van der Waals surface area (Å²) in [5, 5.41) is 4.84. The summed E-state index contributed by atoms with van der Waals surface area (Å²) < 4.78 is 7.27. The van der Waals surface area contributed by atoms with Gasteiger partial charge in [-0.2, -0.15) is 0 Å². The highest BCUT2D eigenvalue weighted by molar-refractivity contribution is 7.15. The number of carbonyl (C=O) groups is 1. The van der Waals surface area contributed by atoms with Crippen LogP contribution in [-0.4, -0.2) is 70.5 Å². The van der Waals surface area contributed by atoms with E-state index in [-0.39, 0.29) is 17.5 Å². The van der Waals surface area contributed by atoms with Crippen LogP contribution in [0.15, 0.2) is 46.7 Å². The number of thiazole rings is 1. The topological polar surface area (TPSA) is 79.2 Å². The van der Waals surface area contributed by atoms with Crippen molar-refractivity contribution in [2.45, 2.75) is 26.4 Å². The normalized spacial score (nSPS) is 16.2. The molecule has 32 heavy (non-hydrogen) atoms. The lowest BCUT2D eigenvalue weighted by Gasteiger charge is -2.37. The molecule has 1 atom stereocenters. The van der Waals surface area contributed by atoms with Crippen molar-refractivity contribution in [1.29, 1.82) is 0 Å². The molecule has 0 spiro atoms. The first-order valence-corrected chi connectivity index (χ1v) is 11.8. The number of amides is 1. The minimum Gasteiger partial charge on any atom is -0.492 e. The number of rotatable bonds is 8. The summed E-state index contributed by atoms with van der Waals surface area (Å²) >= 11 is 1.46. The van der Waals surface area contributed by atoms with Gasteiger partial charge in [-0.3, -0.25) is 23.8 Å². The molecule has 8 nitrogen and oxygen atoms in total. The zero-order valence-corrected chi connectivity index (χ0v) is 19.3. The highest BCUT2D eigenvalue weighted by atomic mass is 32.1. The smallest absolute Gasteiger partial charge is 0.258 e. The maximum absolute atomic E-state index is 12.5. The Morgan fingerprint density at radius 1 is 1.25 bits per heavy atom. The molecule has 1 aliphatic rings. The molecule has 1 N–H and O–H groups in total. The van der Waals surface area contributed by atoms with Gasteiger partial charge in [0.25, 0.3) is 5.56 Å². The van der Waals surface area contributed by atoms with Crippen molar-refractivity contribution in [3.05, 3.63) is 63.5 Å². The van der Waals surface area contributed by atoms with Crippen molar-refractivity contribution >= 4 is 22.2 Å². The third kappa shape index (κ3) is 5.53. The molecule has 1 unspecified atom stereocenters. The minimum atomic E-state index is -0.193. The van der Waals surface area contributed by atoms with Crippen LogP contribution in [0.4, 0.5) is 0 Å². The third-order valence-corrected chi connectivity index (χ3v) is 6.49. The fraction of sp³-hybridized carbons (Fsp3) is 0.435. The molecule has 1 amide bonds. The van der Waals surface area contributed by atoms with Crippen LogP contribution in [0.3, 0.4) is 0 Å². The van der Waals surface area contributed by atoms with E-state index in [1.807, 2.05) is 43.5 Å². The monoisotopic (exact) mass is 455 g/mol. The Balaban J connectivity index is 1.20. The molecular weight excluding hydrogens is 426 g/mol. The third-order valence-electron chi connectivity index (χ3n) is 5.74. The Morgan fingerprint density at radius 2 is 2.06 bits per heavy atom. The van der Waals surface area contributed by atoms with Gasteiger partial charge in [0, 0.05) is 50.4 Å².